The van der Waals surface area contributed by atoms with Crippen LogP contribution in [0.3, 0.4) is 0 Å². The lowest BCUT2D eigenvalue weighted by Gasteiger charge is -2.09. The van der Waals surface area contributed by atoms with E-state index in [1.165, 1.54) is 11.8 Å². The van der Waals surface area contributed by atoms with Gasteiger partial charge < -0.3 is 19.4 Å². The largest absolute Gasteiger partial charge is 0.494 e. The van der Waals surface area contributed by atoms with Crippen molar-refractivity contribution in [2.75, 3.05) is 25.5 Å². The van der Waals surface area contributed by atoms with Crippen molar-refractivity contribution in [3.8, 4) is 22.8 Å². The molecule has 1 amide bonds. The molecule has 3 aromatic rings. The summed E-state index contributed by atoms with van der Waals surface area (Å²) in [5.41, 5.74) is 2.13. The Morgan fingerprint density at radius 3 is 2.45 bits per heavy atom. The number of rotatable bonds is 10. The lowest BCUT2D eigenvalue weighted by Crippen LogP contribution is -2.29. The summed E-state index contributed by atoms with van der Waals surface area (Å²) in [4.78, 5) is 16.5. The van der Waals surface area contributed by atoms with Crippen molar-refractivity contribution in [3.05, 3.63) is 60.8 Å². The van der Waals surface area contributed by atoms with E-state index in [4.69, 9.17) is 9.47 Å². The van der Waals surface area contributed by atoms with Crippen LogP contribution in [0.4, 0.5) is 0 Å². The molecule has 6 nitrogen and oxygen atoms in total. The van der Waals surface area contributed by atoms with E-state index in [9.17, 15) is 4.79 Å². The van der Waals surface area contributed by atoms with Crippen molar-refractivity contribution in [1.29, 1.82) is 0 Å². The van der Waals surface area contributed by atoms with Gasteiger partial charge in [-0.15, -0.1) is 0 Å². The molecule has 0 unspecified atom stereocenters. The Balaban J connectivity index is 1.39. The summed E-state index contributed by atoms with van der Waals surface area (Å²) in [6.07, 6.45) is 1.83. The van der Waals surface area contributed by atoms with Gasteiger partial charge in [-0.05, 0) is 36.8 Å². The molecule has 0 saturated heterocycles. The maximum Gasteiger partial charge on any atom is 0.230 e. The number of ether oxygens (including phenoxy) is 2. The highest BCUT2D eigenvalue weighted by Crippen LogP contribution is 2.24. The highest BCUT2D eigenvalue weighted by atomic mass is 32.2. The zero-order chi connectivity index (χ0) is 20.5. The summed E-state index contributed by atoms with van der Waals surface area (Å²) in [5, 5.41) is 3.68. The minimum atomic E-state index is -0.0467. The first kappa shape index (κ1) is 20.8. The van der Waals surface area contributed by atoms with Gasteiger partial charge >= 0.3 is 0 Å². The lowest BCUT2D eigenvalue weighted by molar-refractivity contribution is -0.118. The van der Waals surface area contributed by atoms with Crippen LogP contribution in [0.5, 0.6) is 11.5 Å². The summed E-state index contributed by atoms with van der Waals surface area (Å²) in [6, 6.07) is 17.5. The van der Waals surface area contributed by atoms with Gasteiger partial charge in [0.1, 0.15) is 18.1 Å². The first-order valence-electron chi connectivity index (χ1n) is 9.49. The maximum absolute atomic E-state index is 12.1. The third-order valence-electron chi connectivity index (χ3n) is 4.18. The molecule has 2 aromatic carbocycles. The second kappa shape index (κ2) is 10.6. The van der Waals surface area contributed by atoms with Gasteiger partial charge in [0.15, 0.2) is 5.16 Å². The van der Waals surface area contributed by atoms with Gasteiger partial charge in [-0.3, -0.25) is 4.79 Å². The Bertz CT molecular complexity index is 911. The van der Waals surface area contributed by atoms with Gasteiger partial charge in [-0.2, -0.15) is 0 Å². The van der Waals surface area contributed by atoms with E-state index in [2.05, 4.69) is 10.3 Å². The number of nitrogens with zero attached hydrogens (tertiary/aromatic N) is 2. The number of carbonyl (C=O) groups excluding carboxylic acids is 1. The third kappa shape index (κ3) is 6.02. The highest BCUT2D eigenvalue weighted by Gasteiger charge is 2.11. The van der Waals surface area contributed by atoms with Crippen LogP contribution >= 0.6 is 11.8 Å². The van der Waals surface area contributed by atoms with Crippen molar-refractivity contribution in [2.24, 2.45) is 7.05 Å². The highest BCUT2D eigenvalue weighted by molar-refractivity contribution is 7.99. The van der Waals surface area contributed by atoms with Gasteiger partial charge in [-0.25, -0.2) is 4.98 Å². The number of amides is 1. The van der Waals surface area contributed by atoms with Gasteiger partial charge in [0.05, 0.1) is 30.8 Å². The average Bonchev–Trinajstić information content (AvgIpc) is 3.12. The van der Waals surface area contributed by atoms with Crippen LogP contribution in [0, 0.1) is 0 Å². The summed E-state index contributed by atoms with van der Waals surface area (Å²) in [5.74, 6) is 1.82. The molecule has 1 aromatic heterocycles. The van der Waals surface area contributed by atoms with Gasteiger partial charge in [0.25, 0.3) is 0 Å². The Morgan fingerprint density at radius 1 is 1.07 bits per heavy atom. The van der Waals surface area contributed by atoms with E-state index in [0.29, 0.717) is 25.5 Å². The van der Waals surface area contributed by atoms with Gasteiger partial charge in [0, 0.05) is 7.05 Å². The first-order chi connectivity index (χ1) is 14.2. The SMILES string of the molecule is CCOc1ccc(OCCNC(=O)CSc2ncc(-c3ccccc3)n2C)cc1. The molecule has 7 heteroatoms. The Hall–Kier alpha value is -2.93. The number of benzene rings is 2. The molecule has 0 atom stereocenters. The number of hydrogen-bond acceptors (Lipinski definition) is 5. The lowest BCUT2D eigenvalue weighted by atomic mass is 10.2. The molecule has 0 bridgehead atoms. The van der Waals surface area contributed by atoms with Crippen molar-refractivity contribution >= 4 is 17.7 Å². The standard InChI is InChI=1S/C22H25N3O3S/c1-3-27-18-9-11-19(12-10-18)28-14-13-23-21(26)16-29-22-24-15-20(25(22)2)17-7-5-4-6-8-17/h4-12,15H,3,13-14,16H2,1-2H3,(H,23,26). The molecule has 0 aliphatic heterocycles. The molecule has 1 N–H and O–H groups in total. The quantitative estimate of drug-likeness (QED) is 0.406. The van der Waals surface area contributed by atoms with Gasteiger partial charge in [-0.1, -0.05) is 42.1 Å². The maximum atomic E-state index is 12.1. The topological polar surface area (TPSA) is 65.4 Å². The number of thioether (sulfide) groups is 1. The number of nitrogens with one attached hydrogen (secondary N) is 1. The molecule has 0 aliphatic rings. The fourth-order valence-electron chi connectivity index (χ4n) is 2.74. The summed E-state index contributed by atoms with van der Waals surface area (Å²) < 4.78 is 13.0. The summed E-state index contributed by atoms with van der Waals surface area (Å²) in [6.45, 7) is 3.44. The molecule has 0 aliphatic carbocycles. The fraction of sp³-hybridized carbons (Fsp3) is 0.273. The zero-order valence-electron chi connectivity index (χ0n) is 16.6. The second-order valence-electron chi connectivity index (χ2n) is 6.24. The Morgan fingerprint density at radius 2 is 1.76 bits per heavy atom. The first-order valence-corrected chi connectivity index (χ1v) is 10.5. The zero-order valence-corrected chi connectivity index (χ0v) is 17.4. The van der Waals surface area contributed by atoms with Crippen LogP contribution in [0.2, 0.25) is 0 Å². The van der Waals surface area contributed by atoms with E-state index in [1.807, 2.05) is 79.3 Å². The summed E-state index contributed by atoms with van der Waals surface area (Å²) >= 11 is 1.42. The number of imidazole rings is 1. The van der Waals surface area contributed by atoms with E-state index in [-0.39, 0.29) is 5.91 Å². The Kier molecular flexibility index (Phi) is 7.58. The molecular weight excluding hydrogens is 386 g/mol. The Labute approximate surface area is 175 Å². The molecule has 152 valence electrons. The van der Waals surface area contributed by atoms with Gasteiger partial charge in [0.2, 0.25) is 5.91 Å². The summed E-state index contributed by atoms with van der Waals surface area (Å²) in [7, 11) is 1.96. The predicted molar refractivity (Wildman–Crippen MR) is 115 cm³/mol. The smallest absolute Gasteiger partial charge is 0.230 e. The van der Waals surface area contributed by atoms with Crippen LogP contribution < -0.4 is 14.8 Å². The van der Waals surface area contributed by atoms with E-state index < -0.39 is 0 Å². The van der Waals surface area contributed by atoms with Crippen molar-refractivity contribution < 1.29 is 14.3 Å². The third-order valence-corrected chi connectivity index (χ3v) is 5.22. The molecular formula is C22H25N3O3S. The molecule has 0 spiro atoms. The molecule has 0 saturated carbocycles. The van der Waals surface area contributed by atoms with Crippen LogP contribution in [-0.2, 0) is 11.8 Å². The fourth-order valence-corrected chi connectivity index (χ4v) is 3.52. The van der Waals surface area contributed by atoms with Crippen LogP contribution in [0.25, 0.3) is 11.3 Å². The normalized spacial score (nSPS) is 10.6. The molecule has 29 heavy (non-hydrogen) atoms. The molecule has 1 heterocycles. The number of aromatic nitrogens is 2. The van der Waals surface area contributed by atoms with Crippen LogP contribution in [0.1, 0.15) is 6.92 Å². The molecule has 0 fully saturated rings. The average molecular weight is 412 g/mol. The predicted octanol–water partition coefficient (Wildman–Crippen LogP) is 3.77. The monoisotopic (exact) mass is 411 g/mol. The van der Waals surface area contributed by atoms with Crippen LogP contribution in [0.15, 0.2) is 66.0 Å². The van der Waals surface area contributed by atoms with Crippen LogP contribution in [-0.4, -0.2) is 41.0 Å². The van der Waals surface area contributed by atoms with E-state index in [0.717, 1.165) is 27.9 Å². The molecule has 3 rings (SSSR count). The number of hydrogen-bond donors (Lipinski definition) is 1. The number of carbonyl (C=O) groups is 1. The minimum Gasteiger partial charge on any atom is -0.494 e. The van der Waals surface area contributed by atoms with E-state index >= 15 is 0 Å². The second-order valence-corrected chi connectivity index (χ2v) is 7.19. The van der Waals surface area contributed by atoms with Crippen molar-refractivity contribution in [1.82, 2.24) is 14.9 Å². The van der Waals surface area contributed by atoms with Crippen molar-refractivity contribution in [2.45, 2.75) is 12.1 Å². The van der Waals surface area contributed by atoms with Crippen molar-refractivity contribution in [3.63, 3.8) is 0 Å². The molecule has 0 radical (unpaired) electrons. The van der Waals surface area contributed by atoms with E-state index in [1.54, 1.807) is 0 Å². The minimum absolute atomic E-state index is 0.0467.